The highest BCUT2D eigenvalue weighted by Gasteiger charge is 2.72. The number of esters is 2. The van der Waals surface area contributed by atoms with Crippen LogP contribution in [0, 0.1) is 0 Å². The average Bonchev–Trinajstić information content (AvgIpc) is 3.38. The lowest BCUT2D eigenvalue weighted by atomic mass is 9.81. The van der Waals surface area contributed by atoms with Crippen LogP contribution >= 0.6 is 0 Å². The van der Waals surface area contributed by atoms with E-state index in [1.807, 2.05) is 13.0 Å². The maximum atomic E-state index is 12.6. The Balaban J connectivity index is 1.79. The molecule has 144 valence electrons. The molecule has 26 heavy (non-hydrogen) atoms. The second-order valence-corrected chi connectivity index (χ2v) is 7.79. The zero-order chi connectivity index (χ0) is 19.2. The van der Waals surface area contributed by atoms with Crippen molar-refractivity contribution in [2.45, 2.75) is 76.3 Å². The first-order valence-corrected chi connectivity index (χ1v) is 8.96. The van der Waals surface area contributed by atoms with Crippen molar-refractivity contribution in [3.8, 4) is 0 Å². The Morgan fingerprint density at radius 2 is 1.88 bits per heavy atom. The lowest BCUT2D eigenvalue weighted by Crippen LogP contribution is -2.35. The van der Waals surface area contributed by atoms with Crippen LogP contribution in [0.1, 0.15) is 53.4 Å². The summed E-state index contributed by atoms with van der Waals surface area (Å²) < 4.78 is 22.3. The molecule has 7 heteroatoms. The summed E-state index contributed by atoms with van der Waals surface area (Å²) in [5.41, 5.74) is -1.28. The molecule has 3 aliphatic rings. The van der Waals surface area contributed by atoms with Crippen LogP contribution in [0.25, 0.3) is 0 Å². The van der Waals surface area contributed by atoms with Crippen LogP contribution in [-0.2, 0) is 33.3 Å². The number of allylic oxidation sites excluding steroid dienone is 2. The van der Waals surface area contributed by atoms with Crippen molar-refractivity contribution in [1.29, 1.82) is 0 Å². The van der Waals surface area contributed by atoms with E-state index in [4.69, 9.17) is 18.9 Å². The summed E-state index contributed by atoms with van der Waals surface area (Å²) >= 11 is 0. The molecule has 4 atom stereocenters. The Kier molecular flexibility index (Phi) is 4.73. The number of Topliss-reactive ketones (excluding diaryl/α,β-unsaturated/α-hetero) is 1. The molecule has 0 saturated carbocycles. The minimum absolute atomic E-state index is 0.0321. The fourth-order valence-corrected chi connectivity index (χ4v) is 3.82. The molecule has 0 N–H and O–H groups in total. The number of carbonyl (C=O) groups is 3. The van der Waals surface area contributed by atoms with Crippen LogP contribution in [0.2, 0.25) is 0 Å². The number of fused-ring (bicyclic) bond motifs is 1. The summed E-state index contributed by atoms with van der Waals surface area (Å²) in [6, 6.07) is 0. The smallest absolute Gasteiger partial charge is 0.302 e. The summed E-state index contributed by atoms with van der Waals surface area (Å²) in [4.78, 5) is 34.9. The highest BCUT2D eigenvalue weighted by Crippen LogP contribution is 2.59. The third-order valence-electron chi connectivity index (χ3n) is 5.74. The number of ether oxygens (including phenoxy) is 4. The maximum Gasteiger partial charge on any atom is 0.302 e. The maximum absolute atomic E-state index is 12.6. The molecule has 1 aliphatic carbocycles. The zero-order valence-electron chi connectivity index (χ0n) is 15.8. The number of ketones is 1. The van der Waals surface area contributed by atoms with E-state index >= 15 is 0 Å². The lowest BCUT2D eigenvalue weighted by Gasteiger charge is -2.19. The molecule has 0 radical (unpaired) electrons. The van der Waals surface area contributed by atoms with Crippen molar-refractivity contribution >= 4 is 17.7 Å². The van der Waals surface area contributed by atoms with E-state index in [2.05, 4.69) is 0 Å². The van der Waals surface area contributed by atoms with Gasteiger partial charge in [0.1, 0.15) is 30.0 Å². The number of epoxide rings is 2. The molecule has 3 rings (SSSR count). The van der Waals surface area contributed by atoms with Gasteiger partial charge in [-0.25, -0.2) is 0 Å². The molecule has 1 spiro atoms. The summed E-state index contributed by atoms with van der Waals surface area (Å²) in [7, 11) is 0. The number of carbonyl (C=O) groups excluding carboxylic acids is 3. The molecule has 2 heterocycles. The lowest BCUT2D eigenvalue weighted by molar-refractivity contribution is -0.143. The van der Waals surface area contributed by atoms with Crippen LogP contribution in [0.5, 0.6) is 0 Å². The Morgan fingerprint density at radius 1 is 1.23 bits per heavy atom. The fraction of sp³-hybridized carbons (Fsp3) is 0.737. The van der Waals surface area contributed by atoms with Gasteiger partial charge in [-0.3, -0.25) is 14.4 Å². The van der Waals surface area contributed by atoms with E-state index in [0.29, 0.717) is 24.8 Å². The van der Waals surface area contributed by atoms with Crippen molar-refractivity contribution in [2.75, 3.05) is 13.2 Å². The molecule has 0 aromatic heterocycles. The third kappa shape index (κ3) is 3.55. The minimum atomic E-state index is -0.728. The van der Waals surface area contributed by atoms with Gasteiger partial charge in [-0.15, -0.1) is 0 Å². The standard InChI is InChI=1S/C19H26O7/c1-12-6-5-7-18(11-24-14(3)21)16(25-18)9-19(8-15(12)22)17(4,26-19)10-23-13(2)20/h6,16H,5,7-11H2,1-4H3/b12-6-/t16-,17+,18-,19+/m0/s1. The second kappa shape index (κ2) is 6.46. The molecular weight excluding hydrogens is 340 g/mol. The van der Waals surface area contributed by atoms with Gasteiger partial charge in [-0.2, -0.15) is 0 Å². The van der Waals surface area contributed by atoms with Crippen molar-refractivity contribution < 1.29 is 33.3 Å². The van der Waals surface area contributed by atoms with Gasteiger partial charge in [0.25, 0.3) is 0 Å². The Hall–Kier alpha value is -1.73. The van der Waals surface area contributed by atoms with E-state index in [9.17, 15) is 14.4 Å². The molecule has 2 aliphatic heterocycles. The first kappa shape index (κ1) is 19.0. The highest BCUT2D eigenvalue weighted by atomic mass is 16.7. The highest BCUT2D eigenvalue weighted by molar-refractivity contribution is 5.95. The van der Waals surface area contributed by atoms with E-state index in [-0.39, 0.29) is 43.5 Å². The summed E-state index contributed by atoms with van der Waals surface area (Å²) in [6.45, 7) is 6.67. The van der Waals surface area contributed by atoms with Gasteiger partial charge in [0.2, 0.25) is 0 Å². The Morgan fingerprint density at radius 3 is 2.54 bits per heavy atom. The SMILES string of the molecule is CC(=O)OC[C@@]12CC/C=C(/C)C(=O)C[C@]3(C[C@@H]1O2)O[C@]3(C)COC(C)=O. The normalized spacial score (nSPS) is 40.8. The molecule has 2 fully saturated rings. The predicted octanol–water partition coefficient (Wildman–Crippen LogP) is 1.87. The molecule has 0 amide bonds. The van der Waals surface area contributed by atoms with Gasteiger partial charge in [-0.1, -0.05) is 6.08 Å². The monoisotopic (exact) mass is 366 g/mol. The van der Waals surface area contributed by atoms with E-state index < -0.39 is 16.8 Å². The third-order valence-corrected chi connectivity index (χ3v) is 5.74. The van der Waals surface area contributed by atoms with E-state index in [1.54, 1.807) is 6.92 Å². The van der Waals surface area contributed by atoms with Crippen LogP contribution in [-0.4, -0.2) is 53.8 Å². The van der Waals surface area contributed by atoms with Crippen molar-refractivity contribution in [2.24, 2.45) is 0 Å². The van der Waals surface area contributed by atoms with Crippen molar-refractivity contribution in [3.05, 3.63) is 11.6 Å². The first-order chi connectivity index (χ1) is 12.1. The largest absolute Gasteiger partial charge is 0.463 e. The Bertz CT molecular complexity index is 669. The van der Waals surface area contributed by atoms with Crippen LogP contribution < -0.4 is 0 Å². The Labute approximate surface area is 153 Å². The topological polar surface area (TPSA) is 94.7 Å². The van der Waals surface area contributed by atoms with Gasteiger partial charge >= 0.3 is 11.9 Å². The van der Waals surface area contributed by atoms with Crippen molar-refractivity contribution in [3.63, 3.8) is 0 Å². The molecule has 7 nitrogen and oxygen atoms in total. The average molecular weight is 366 g/mol. The summed E-state index contributed by atoms with van der Waals surface area (Å²) in [5, 5.41) is 0. The van der Waals surface area contributed by atoms with Crippen LogP contribution in [0.3, 0.4) is 0 Å². The fourth-order valence-electron chi connectivity index (χ4n) is 3.82. The van der Waals surface area contributed by atoms with E-state index in [0.717, 1.165) is 0 Å². The van der Waals surface area contributed by atoms with Gasteiger partial charge in [0, 0.05) is 26.7 Å². The number of rotatable bonds is 4. The molecular formula is C19H26O7. The van der Waals surface area contributed by atoms with Gasteiger partial charge < -0.3 is 18.9 Å². The molecule has 2 saturated heterocycles. The van der Waals surface area contributed by atoms with Gasteiger partial charge in [0.15, 0.2) is 5.78 Å². The number of hydrogen-bond donors (Lipinski definition) is 0. The molecule has 0 aromatic rings. The molecule has 0 unspecified atom stereocenters. The predicted molar refractivity (Wildman–Crippen MR) is 90.3 cm³/mol. The van der Waals surface area contributed by atoms with Gasteiger partial charge in [0.05, 0.1) is 6.10 Å². The van der Waals surface area contributed by atoms with Gasteiger partial charge in [-0.05, 0) is 32.3 Å². The van der Waals surface area contributed by atoms with E-state index in [1.165, 1.54) is 13.8 Å². The van der Waals surface area contributed by atoms with Crippen LogP contribution in [0.4, 0.5) is 0 Å². The number of hydrogen-bond acceptors (Lipinski definition) is 7. The molecule has 0 aromatic carbocycles. The molecule has 0 bridgehead atoms. The first-order valence-electron chi connectivity index (χ1n) is 8.96. The zero-order valence-corrected chi connectivity index (χ0v) is 15.8. The summed E-state index contributed by atoms with van der Waals surface area (Å²) in [6.07, 6.45) is 3.84. The minimum Gasteiger partial charge on any atom is -0.463 e. The van der Waals surface area contributed by atoms with Crippen LogP contribution in [0.15, 0.2) is 11.6 Å². The summed E-state index contributed by atoms with van der Waals surface area (Å²) in [5.74, 6) is -0.694. The second-order valence-electron chi connectivity index (χ2n) is 7.79. The quantitative estimate of drug-likeness (QED) is 0.554. The van der Waals surface area contributed by atoms with Crippen molar-refractivity contribution in [1.82, 2.24) is 0 Å².